The van der Waals surface area contributed by atoms with Gasteiger partial charge in [0.1, 0.15) is 0 Å². The molecule has 6 heteroatoms. The van der Waals surface area contributed by atoms with Gasteiger partial charge in [-0.3, -0.25) is 9.78 Å². The van der Waals surface area contributed by atoms with Crippen LogP contribution in [0.3, 0.4) is 0 Å². The van der Waals surface area contributed by atoms with Crippen molar-refractivity contribution < 1.29 is 4.79 Å². The molecule has 0 aliphatic carbocycles. The van der Waals surface area contributed by atoms with Gasteiger partial charge in [-0.25, -0.2) is 9.67 Å². The zero-order chi connectivity index (χ0) is 18.0. The van der Waals surface area contributed by atoms with Gasteiger partial charge < -0.3 is 5.32 Å². The van der Waals surface area contributed by atoms with Gasteiger partial charge in [-0.05, 0) is 45.4 Å². The van der Waals surface area contributed by atoms with Gasteiger partial charge >= 0.3 is 0 Å². The first kappa shape index (κ1) is 17.1. The number of rotatable bonds is 5. The maximum atomic E-state index is 12.8. The van der Waals surface area contributed by atoms with E-state index in [4.69, 9.17) is 0 Å². The zero-order valence-electron chi connectivity index (χ0n) is 15.0. The molecule has 0 aliphatic rings. The largest absolute Gasteiger partial charge is 0.344 e. The van der Waals surface area contributed by atoms with Crippen molar-refractivity contribution in [2.24, 2.45) is 0 Å². The number of hydrogen-bond donors (Lipinski definition) is 1. The number of amides is 1. The molecule has 0 saturated carbocycles. The van der Waals surface area contributed by atoms with E-state index in [0.717, 1.165) is 28.8 Å². The van der Waals surface area contributed by atoms with E-state index in [1.807, 2.05) is 42.8 Å². The summed E-state index contributed by atoms with van der Waals surface area (Å²) < 4.78 is 1.89. The zero-order valence-corrected chi connectivity index (χ0v) is 15.0. The second kappa shape index (κ2) is 7.01. The van der Waals surface area contributed by atoms with Crippen LogP contribution in [-0.2, 0) is 0 Å². The smallest absolute Gasteiger partial charge is 0.252 e. The second-order valence-corrected chi connectivity index (χ2v) is 6.34. The molecule has 1 amide bonds. The number of fused-ring (bicyclic) bond motifs is 1. The van der Waals surface area contributed by atoms with E-state index in [-0.39, 0.29) is 18.0 Å². The molecule has 3 aromatic rings. The maximum absolute atomic E-state index is 12.8. The minimum atomic E-state index is -0.179. The molecular formula is C19H23N5O. The second-order valence-electron chi connectivity index (χ2n) is 6.34. The van der Waals surface area contributed by atoms with E-state index in [9.17, 15) is 4.79 Å². The van der Waals surface area contributed by atoms with Crippen molar-refractivity contribution in [2.45, 2.75) is 46.2 Å². The third-order valence-electron chi connectivity index (χ3n) is 4.43. The highest BCUT2D eigenvalue weighted by Gasteiger charge is 2.19. The molecule has 25 heavy (non-hydrogen) atoms. The maximum Gasteiger partial charge on any atom is 0.252 e. The average molecular weight is 337 g/mol. The van der Waals surface area contributed by atoms with Crippen LogP contribution in [0.4, 0.5) is 0 Å². The highest BCUT2D eigenvalue weighted by molar-refractivity contribution is 6.05. The number of aromatic nitrogens is 4. The number of nitrogens with one attached hydrogen (secondary N) is 1. The number of carbonyl (C=O) groups excluding carboxylic acids is 1. The molecule has 3 aromatic heterocycles. The fourth-order valence-corrected chi connectivity index (χ4v) is 2.81. The summed E-state index contributed by atoms with van der Waals surface area (Å²) in [6.45, 7) is 8.02. The lowest BCUT2D eigenvalue weighted by molar-refractivity contribution is 0.0940. The van der Waals surface area contributed by atoms with Crippen molar-refractivity contribution in [1.29, 1.82) is 0 Å². The van der Waals surface area contributed by atoms with E-state index in [1.54, 1.807) is 12.4 Å². The lowest BCUT2D eigenvalue weighted by Crippen LogP contribution is -2.27. The number of carbonyl (C=O) groups is 1. The fraction of sp³-hybridized carbons (Fsp3) is 0.368. The van der Waals surface area contributed by atoms with Crippen LogP contribution in [0.2, 0.25) is 0 Å². The highest BCUT2D eigenvalue weighted by atomic mass is 16.1. The molecule has 0 fully saturated rings. The van der Waals surface area contributed by atoms with Crippen molar-refractivity contribution in [2.75, 3.05) is 0 Å². The summed E-state index contributed by atoms with van der Waals surface area (Å²) >= 11 is 0. The van der Waals surface area contributed by atoms with Gasteiger partial charge in [-0.2, -0.15) is 5.10 Å². The Kier molecular flexibility index (Phi) is 4.79. The number of pyridine rings is 2. The monoisotopic (exact) mass is 337 g/mol. The fourth-order valence-electron chi connectivity index (χ4n) is 2.81. The predicted molar refractivity (Wildman–Crippen MR) is 97.4 cm³/mol. The molecule has 0 spiro atoms. The number of hydrogen-bond acceptors (Lipinski definition) is 4. The Bertz CT molecular complexity index is 887. The topological polar surface area (TPSA) is 72.7 Å². The average Bonchev–Trinajstić information content (AvgIpc) is 3.04. The first-order chi connectivity index (χ1) is 12.0. The molecule has 0 unspecified atom stereocenters. The van der Waals surface area contributed by atoms with Gasteiger partial charge in [-0.1, -0.05) is 13.0 Å². The summed E-state index contributed by atoms with van der Waals surface area (Å²) in [6, 6.07) is 7.54. The summed E-state index contributed by atoms with van der Waals surface area (Å²) in [4.78, 5) is 21.7. The van der Waals surface area contributed by atoms with Crippen molar-refractivity contribution in [1.82, 2.24) is 25.1 Å². The van der Waals surface area contributed by atoms with Gasteiger partial charge in [0.25, 0.3) is 5.91 Å². The van der Waals surface area contributed by atoms with Crippen molar-refractivity contribution in [3.05, 3.63) is 53.6 Å². The van der Waals surface area contributed by atoms with E-state index in [2.05, 4.69) is 34.2 Å². The highest BCUT2D eigenvalue weighted by Crippen LogP contribution is 2.23. The minimum absolute atomic E-state index is 0.141. The minimum Gasteiger partial charge on any atom is -0.344 e. The molecular weight excluding hydrogens is 314 g/mol. The third-order valence-corrected chi connectivity index (χ3v) is 4.43. The summed E-state index contributed by atoms with van der Waals surface area (Å²) in [7, 11) is 0. The lowest BCUT2D eigenvalue weighted by atomic mass is 10.1. The third kappa shape index (κ3) is 3.38. The van der Waals surface area contributed by atoms with Crippen LogP contribution in [0.5, 0.6) is 0 Å². The molecule has 130 valence electrons. The van der Waals surface area contributed by atoms with Crippen molar-refractivity contribution in [3.8, 4) is 0 Å². The standard InChI is InChI=1S/C19H23N5O/c1-5-13(3)24-18-16(11-21-24)15(10-12(2)22-18)19(25)23-14(4)17-8-6-7-9-20-17/h6-11,13-14H,5H2,1-4H3,(H,23,25)/t13-,14-/m1/s1. The molecule has 1 N–H and O–H groups in total. The van der Waals surface area contributed by atoms with Crippen molar-refractivity contribution in [3.63, 3.8) is 0 Å². The van der Waals surface area contributed by atoms with Gasteiger partial charge in [0.15, 0.2) is 5.65 Å². The van der Waals surface area contributed by atoms with Gasteiger partial charge in [0.2, 0.25) is 0 Å². The molecule has 3 rings (SSSR count). The summed E-state index contributed by atoms with van der Waals surface area (Å²) in [6.07, 6.45) is 4.40. The molecule has 0 bridgehead atoms. The molecule has 0 saturated heterocycles. The Morgan fingerprint density at radius 1 is 1.32 bits per heavy atom. The number of nitrogens with zero attached hydrogens (tertiary/aromatic N) is 4. The van der Waals surface area contributed by atoms with E-state index in [1.165, 1.54) is 0 Å². The van der Waals surface area contributed by atoms with Gasteiger partial charge in [0, 0.05) is 11.9 Å². The normalized spacial score (nSPS) is 13.6. The van der Waals surface area contributed by atoms with Crippen LogP contribution in [0.1, 0.15) is 61.0 Å². The SMILES string of the molecule is CC[C@@H](C)n1ncc2c(C(=O)N[C@H](C)c3ccccn3)cc(C)nc21. The Morgan fingerprint density at radius 2 is 2.12 bits per heavy atom. The molecule has 6 nitrogen and oxygen atoms in total. The van der Waals surface area contributed by atoms with Crippen LogP contribution in [0.25, 0.3) is 11.0 Å². The summed E-state index contributed by atoms with van der Waals surface area (Å²) in [5.74, 6) is -0.141. The van der Waals surface area contributed by atoms with Gasteiger partial charge in [-0.15, -0.1) is 0 Å². The van der Waals surface area contributed by atoms with Crippen molar-refractivity contribution >= 4 is 16.9 Å². The predicted octanol–water partition coefficient (Wildman–Crippen LogP) is 3.60. The Hall–Kier alpha value is -2.76. The first-order valence-electron chi connectivity index (χ1n) is 8.58. The first-order valence-corrected chi connectivity index (χ1v) is 8.58. The summed E-state index contributed by atoms with van der Waals surface area (Å²) in [5.41, 5.74) is 2.98. The molecule has 2 atom stereocenters. The molecule has 3 heterocycles. The van der Waals surface area contributed by atoms with Crippen LogP contribution in [-0.4, -0.2) is 25.7 Å². The van der Waals surface area contributed by atoms with Crippen LogP contribution < -0.4 is 5.32 Å². The van der Waals surface area contributed by atoms with E-state index >= 15 is 0 Å². The van der Waals surface area contributed by atoms with Crippen LogP contribution in [0.15, 0.2) is 36.7 Å². The van der Waals surface area contributed by atoms with E-state index < -0.39 is 0 Å². The molecule has 0 aromatic carbocycles. The van der Waals surface area contributed by atoms with Crippen LogP contribution >= 0.6 is 0 Å². The van der Waals surface area contributed by atoms with E-state index in [0.29, 0.717) is 5.56 Å². The summed E-state index contributed by atoms with van der Waals surface area (Å²) in [5, 5.41) is 8.24. The molecule has 0 aliphatic heterocycles. The number of aryl methyl sites for hydroxylation is 1. The Morgan fingerprint density at radius 3 is 2.80 bits per heavy atom. The Labute approximate surface area is 147 Å². The quantitative estimate of drug-likeness (QED) is 0.772. The lowest BCUT2D eigenvalue weighted by Gasteiger charge is -2.14. The van der Waals surface area contributed by atoms with Crippen LogP contribution in [0, 0.1) is 6.92 Å². The van der Waals surface area contributed by atoms with Gasteiger partial charge in [0.05, 0.1) is 34.9 Å². The molecule has 0 radical (unpaired) electrons. The Balaban J connectivity index is 1.95.